The first-order valence-corrected chi connectivity index (χ1v) is 7.41. The van der Waals surface area contributed by atoms with Crippen molar-refractivity contribution < 1.29 is 14.7 Å². The Balaban J connectivity index is 0. The van der Waals surface area contributed by atoms with E-state index in [4.69, 9.17) is 10.8 Å². The Morgan fingerprint density at radius 1 is 1.09 bits per heavy atom. The number of carbonyl (C=O) groups excluding carboxylic acids is 1. The van der Waals surface area contributed by atoms with Crippen LogP contribution in [0, 0.1) is 0 Å². The van der Waals surface area contributed by atoms with E-state index in [9.17, 15) is 9.59 Å². The average Bonchev–Trinajstić information content (AvgIpc) is 2.43. The van der Waals surface area contributed by atoms with Gasteiger partial charge in [-0.3, -0.25) is 4.79 Å². The summed E-state index contributed by atoms with van der Waals surface area (Å²) in [5.74, 6) is -0.908. The zero-order valence-electron chi connectivity index (χ0n) is 14.9. The summed E-state index contributed by atoms with van der Waals surface area (Å²) >= 11 is 0. The molecular formula is C16H31N3O3. The van der Waals surface area contributed by atoms with E-state index in [1.54, 1.807) is 20.8 Å². The maximum atomic E-state index is 10.9. The Hall–Kier alpha value is -1.98. The molecule has 4 N–H and O–H groups in total. The fraction of sp³-hybridized carbons (Fsp3) is 0.625. The highest BCUT2D eigenvalue weighted by molar-refractivity contribution is 5.93. The first-order chi connectivity index (χ1) is 10.1. The summed E-state index contributed by atoms with van der Waals surface area (Å²) in [6.45, 7) is 9.62. The number of amides is 1. The van der Waals surface area contributed by atoms with Crippen LogP contribution in [0.15, 0.2) is 22.5 Å². The van der Waals surface area contributed by atoms with Crippen molar-refractivity contribution in [1.82, 2.24) is 10.2 Å². The SMILES string of the molecule is CCC/C(=C(/C)C(=O)O)N(C)C.CCNC(=O)/C(C)=C(/C)N. The van der Waals surface area contributed by atoms with Crippen LogP contribution in [0.2, 0.25) is 0 Å². The maximum Gasteiger partial charge on any atom is 0.333 e. The fourth-order valence-corrected chi connectivity index (χ4v) is 1.58. The van der Waals surface area contributed by atoms with Crippen LogP contribution < -0.4 is 11.1 Å². The van der Waals surface area contributed by atoms with Gasteiger partial charge in [0.2, 0.25) is 5.91 Å². The molecule has 128 valence electrons. The van der Waals surface area contributed by atoms with Crippen LogP contribution in [0.5, 0.6) is 0 Å². The Kier molecular flexibility index (Phi) is 11.8. The number of nitrogens with two attached hydrogens (primary N) is 1. The Morgan fingerprint density at radius 2 is 1.59 bits per heavy atom. The highest BCUT2D eigenvalue weighted by Gasteiger charge is 2.09. The number of carbonyl (C=O) groups is 2. The van der Waals surface area contributed by atoms with Gasteiger partial charge in [-0.2, -0.15) is 0 Å². The summed E-state index contributed by atoms with van der Waals surface area (Å²) in [5.41, 5.74) is 7.91. The molecule has 0 saturated carbocycles. The fourth-order valence-electron chi connectivity index (χ4n) is 1.58. The summed E-state index contributed by atoms with van der Waals surface area (Å²) in [6.07, 6.45) is 1.79. The second kappa shape index (κ2) is 11.7. The van der Waals surface area contributed by atoms with Gasteiger partial charge in [0.1, 0.15) is 0 Å². The molecule has 6 nitrogen and oxygen atoms in total. The van der Waals surface area contributed by atoms with Gasteiger partial charge in [-0.05, 0) is 34.1 Å². The first kappa shape index (κ1) is 22.3. The normalized spacial score (nSPS) is 12.3. The number of aliphatic carboxylic acids is 1. The first-order valence-electron chi connectivity index (χ1n) is 7.41. The summed E-state index contributed by atoms with van der Waals surface area (Å²) in [7, 11) is 3.74. The zero-order chi connectivity index (χ0) is 17.9. The molecule has 6 heteroatoms. The zero-order valence-corrected chi connectivity index (χ0v) is 14.9. The lowest BCUT2D eigenvalue weighted by Gasteiger charge is -2.18. The number of likely N-dealkylation sites (N-methyl/N-ethyl adjacent to an activating group) is 1. The Morgan fingerprint density at radius 3 is 1.86 bits per heavy atom. The highest BCUT2D eigenvalue weighted by atomic mass is 16.4. The average molecular weight is 313 g/mol. The molecular weight excluding hydrogens is 282 g/mol. The summed E-state index contributed by atoms with van der Waals surface area (Å²) in [4.78, 5) is 23.4. The Bertz CT molecular complexity index is 434. The molecule has 0 aromatic rings. The lowest BCUT2D eigenvalue weighted by Crippen LogP contribution is -2.25. The minimum Gasteiger partial charge on any atom is -0.478 e. The van der Waals surface area contributed by atoms with Crippen LogP contribution in [-0.2, 0) is 9.59 Å². The molecule has 0 aliphatic rings. The molecule has 0 spiro atoms. The number of rotatable bonds is 6. The van der Waals surface area contributed by atoms with Crippen LogP contribution >= 0.6 is 0 Å². The van der Waals surface area contributed by atoms with Crippen LogP contribution in [0.4, 0.5) is 0 Å². The number of allylic oxidation sites excluding steroid dienone is 2. The van der Waals surface area contributed by atoms with Gasteiger partial charge >= 0.3 is 5.97 Å². The molecule has 22 heavy (non-hydrogen) atoms. The van der Waals surface area contributed by atoms with Crippen molar-refractivity contribution in [2.45, 2.75) is 47.5 Å². The van der Waals surface area contributed by atoms with Crippen molar-refractivity contribution in [3.8, 4) is 0 Å². The molecule has 0 saturated heterocycles. The number of nitrogens with one attached hydrogen (secondary N) is 1. The predicted octanol–water partition coefficient (Wildman–Crippen LogP) is 2.08. The molecule has 0 fully saturated rings. The van der Waals surface area contributed by atoms with E-state index >= 15 is 0 Å². The maximum absolute atomic E-state index is 10.9. The molecule has 0 aliphatic heterocycles. The molecule has 1 amide bonds. The molecule has 0 atom stereocenters. The summed E-state index contributed by atoms with van der Waals surface area (Å²) in [6, 6.07) is 0. The standard InChI is InChI=1S/C9H17NO2.C7H14N2O/c1-5-6-8(10(3)4)7(2)9(11)12;1-4-9-7(10)5(2)6(3)8/h5-6H2,1-4H3,(H,11,12);4,8H2,1-3H3,(H,9,10)/b8-7+;6-5-. The van der Waals surface area contributed by atoms with Gasteiger partial charge in [-0.25, -0.2) is 4.79 Å². The number of hydrogen-bond donors (Lipinski definition) is 3. The van der Waals surface area contributed by atoms with Crippen molar-refractivity contribution in [3.05, 3.63) is 22.5 Å². The van der Waals surface area contributed by atoms with Crippen molar-refractivity contribution in [2.75, 3.05) is 20.6 Å². The van der Waals surface area contributed by atoms with Crippen molar-refractivity contribution in [1.29, 1.82) is 0 Å². The molecule has 0 aromatic heterocycles. The van der Waals surface area contributed by atoms with Crippen LogP contribution in [0.3, 0.4) is 0 Å². The molecule has 0 aromatic carbocycles. The van der Waals surface area contributed by atoms with Gasteiger partial charge in [0.25, 0.3) is 0 Å². The monoisotopic (exact) mass is 313 g/mol. The van der Waals surface area contributed by atoms with Gasteiger partial charge < -0.3 is 21.1 Å². The van der Waals surface area contributed by atoms with Gasteiger partial charge in [-0.15, -0.1) is 0 Å². The molecule has 0 rings (SSSR count). The lowest BCUT2D eigenvalue weighted by atomic mass is 10.1. The van der Waals surface area contributed by atoms with Crippen molar-refractivity contribution >= 4 is 11.9 Å². The van der Waals surface area contributed by atoms with E-state index in [0.717, 1.165) is 18.5 Å². The Labute approximate surface area is 134 Å². The smallest absolute Gasteiger partial charge is 0.333 e. The van der Waals surface area contributed by atoms with E-state index in [1.165, 1.54) is 0 Å². The molecule has 0 bridgehead atoms. The van der Waals surface area contributed by atoms with Gasteiger partial charge in [0.15, 0.2) is 0 Å². The second-order valence-corrected chi connectivity index (χ2v) is 5.19. The van der Waals surface area contributed by atoms with Gasteiger partial charge in [-0.1, -0.05) is 13.3 Å². The number of carboxylic acids is 1. The third-order valence-electron chi connectivity index (χ3n) is 3.05. The molecule has 0 aliphatic carbocycles. The van der Waals surface area contributed by atoms with Crippen molar-refractivity contribution in [3.63, 3.8) is 0 Å². The largest absolute Gasteiger partial charge is 0.478 e. The van der Waals surface area contributed by atoms with E-state index in [2.05, 4.69) is 5.32 Å². The van der Waals surface area contributed by atoms with Crippen LogP contribution in [0.25, 0.3) is 0 Å². The minimum atomic E-state index is -0.827. The van der Waals surface area contributed by atoms with Crippen molar-refractivity contribution in [2.24, 2.45) is 5.73 Å². The van der Waals surface area contributed by atoms with E-state index in [1.807, 2.05) is 32.8 Å². The van der Waals surface area contributed by atoms with Gasteiger partial charge in [0, 0.05) is 37.6 Å². The van der Waals surface area contributed by atoms with Crippen LogP contribution in [0.1, 0.15) is 47.5 Å². The van der Waals surface area contributed by atoms with Crippen LogP contribution in [-0.4, -0.2) is 42.5 Å². The topological polar surface area (TPSA) is 95.7 Å². The highest BCUT2D eigenvalue weighted by Crippen LogP contribution is 2.13. The second-order valence-electron chi connectivity index (χ2n) is 5.19. The quantitative estimate of drug-likeness (QED) is 0.653. The summed E-state index contributed by atoms with van der Waals surface area (Å²) in [5, 5.41) is 11.4. The third-order valence-corrected chi connectivity index (χ3v) is 3.05. The predicted molar refractivity (Wildman–Crippen MR) is 90.2 cm³/mol. The molecule has 0 unspecified atom stereocenters. The van der Waals surface area contributed by atoms with Gasteiger partial charge in [0.05, 0.1) is 5.57 Å². The number of carboxylic acid groups (broad SMARTS) is 1. The van der Waals surface area contributed by atoms with E-state index in [0.29, 0.717) is 23.4 Å². The third kappa shape index (κ3) is 9.05. The van der Waals surface area contributed by atoms with E-state index < -0.39 is 5.97 Å². The summed E-state index contributed by atoms with van der Waals surface area (Å²) < 4.78 is 0. The minimum absolute atomic E-state index is 0.0810. The number of hydrogen-bond acceptors (Lipinski definition) is 4. The molecule has 0 radical (unpaired) electrons. The number of nitrogens with zero attached hydrogens (tertiary/aromatic N) is 1. The van der Waals surface area contributed by atoms with E-state index in [-0.39, 0.29) is 5.91 Å². The molecule has 0 heterocycles. The lowest BCUT2D eigenvalue weighted by molar-refractivity contribution is -0.132.